The molecule has 9 heteroatoms. The molecule has 0 N–H and O–H groups in total. The summed E-state index contributed by atoms with van der Waals surface area (Å²) in [6.45, 7) is 3.14. The van der Waals surface area contributed by atoms with E-state index in [1.165, 1.54) is 25.1 Å². The Morgan fingerprint density at radius 1 is 1.25 bits per heavy atom. The minimum Gasteiger partial charge on any atom is -0.269 e. The Hall–Kier alpha value is -1.67. The lowest BCUT2D eigenvalue weighted by molar-refractivity contribution is -0.137. The molecular weight excluding hydrogens is 365 g/mol. The molecule has 1 atom stereocenters. The van der Waals surface area contributed by atoms with Crippen LogP contribution in [-0.2, 0) is 6.18 Å². The van der Waals surface area contributed by atoms with E-state index < -0.39 is 29.0 Å². The zero-order chi connectivity index (χ0) is 18.1. The predicted molar refractivity (Wildman–Crippen MR) is 89.1 cm³/mol. The Morgan fingerprint density at radius 3 is 2.50 bits per heavy atom. The van der Waals surface area contributed by atoms with Gasteiger partial charge in [-0.05, 0) is 42.7 Å². The first-order chi connectivity index (χ1) is 11.2. The molecule has 0 saturated carbocycles. The highest BCUT2D eigenvalue weighted by Gasteiger charge is 2.30. The largest absolute Gasteiger partial charge is 0.416 e. The number of alkyl halides is 3. The maximum absolute atomic E-state index is 12.9. The number of aromatic nitrogens is 2. The molecule has 1 aromatic carbocycles. The van der Waals surface area contributed by atoms with E-state index in [1.807, 2.05) is 0 Å². The average Bonchev–Trinajstić information content (AvgIpc) is 2.46. The van der Waals surface area contributed by atoms with Gasteiger partial charge in [-0.1, -0.05) is 17.0 Å². The molecule has 0 bridgehead atoms. The molecule has 24 heavy (non-hydrogen) atoms. The van der Waals surface area contributed by atoms with Crippen LogP contribution in [0.2, 0.25) is 0 Å². The molecular formula is C15H14ClF3N2O2S. The minimum atomic E-state index is -4.52. The van der Waals surface area contributed by atoms with Crippen LogP contribution in [0, 0.1) is 6.92 Å². The van der Waals surface area contributed by atoms with Crippen LogP contribution < -0.4 is 11.2 Å². The molecule has 2 aromatic rings. The van der Waals surface area contributed by atoms with Crippen molar-refractivity contribution < 1.29 is 13.2 Å². The number of aryl methyl sites for hydroxylation is 1. The second-order valence-electron chi connectivity index (χ2n) is 5.28. The Balaban J connectivity index is 2.70. The van der Waals surface area contributed by atoms with Gasteiger partial charge in [0.05, 0.1) is 11.3 Å². The predicted octanol–water partition coefficient (Wildman–Crippen LogP) is 3.77. The van der Waals surface area contributed by atoms with Gasteiger partial charge in [0.2, 0.25) is 0 Å². The van der Waals surface area contributed by atoms with E-state index in [1.54, 1.807) is 6.92 Å². The van der Waals surface area contributed by atoms with Crippen LogP contribution in [0.4, 0.5) is 13.2 Å². The zero-order valence-corrected chi connectivity index (χ0v) is 14.4. The molecule has 0 fully saturated rings. The maximum atomic E-state index is 12.9. The van der Waals surface area contributed by atoms with Gasteiger partial charge >= 0.3 is 11.9 Å². The summed E-state index contributed by atoms with van der Waals surface area (Å²) in [5, 5.41) is 0. The SMILES string of the molecule is Cc1cc(=O)n([C@H](C)CSCl)c(=O)n1-c1cccc(C(F)(F)F)c1. The van der Waals surface area contributed by atoms with E-state index in [0.717, 1.165) is 32.2 Å². The molecule has 1 aromatic heterocycles. The number of halogens is 4. The summed E-state index contributed by atoms with van der Waals surface area (Å²) >= 11 is 0. The molecule has 0 spiro atoms. The molecule has 0 radical (unpaired) electrons. The van der Waals surface area contributed by atoms with Crippen molar-refractivity contribution in [1.82, 2.24) is 9.13 Å². The average molecular weight is 379 g/mol. The van der Waals surface area contributed by atoms with E-state index in [2.05, 4.69) is 0 Å². The van der Waals surface area contributed by atoms with Crippen LogP contribution in [-0.4, -0.2) is 14.9 Å². The molecule has 0 unspecified atom stereocenters. The highest BCUT2D eigenvalue weighted by atomic mass is 35.7. The van der Waals surface area contributed by atoms with E-state index in [-0.39, 0.29) is 11.4 Å². The Bertz CT molecular complexity index is 861. The van der Waals surface area contributed by atoms with Crippen LogP contribution in [0.3, 0.4) is 0 Å². The van der Waals surface area contributed by atoms with E-state index in [4.69, 9.17) is 10.7 Å². The summed E-state index contributed by atoms with van der Waals surface area (Å²) in [6, 6.07) is 5.13. The second kappa shape index (κ2) is 7.06. The van der Waals surface area contributed by atoms with Crippen molar-refractivity contribution in [2.75, 3.05) is 5.75 Å². The first kappa shape index (κ1) is 18.7. The van der Waals surface area contributed by atoms with Crippen LogP contribution in [0.25, 0.3) is 5.69 Å². The van der Waals surface area contributed by atoms with Crippen LogP contribution in [0.15, 0.2) is 39.9 Å². The van der Waals surface area contributed by atoms with Gasteiger partial charge < -0.3 is 0 Å². The Labute approximate surface area is 144 Å². The van der Waals surface area contributed by atoms with Crippen molar-refractivity contribution in [2.45, 2.75) is 26.1 Å². The first-order valence-corrected chi connectivity index (χ1v) is 8.74. The highest BCUT2D eigenvalue weighted by molar-refractivity contribution is 8.21. The Morgan fingerprint density at radius 2 is 1.92 bits per heavy atom. The second-order valence-corrected chi connectivity index (χ2v) is 6.49. The van der Waals surface area contributed by atoms with Crippen molar-refractivity contribution in [3.05, 3.63) is 62.4 Å². The van der Waals surface area contributed by atoms with Gasteiger partial charge in [0.15, 0.2) is 0 Å². The van der Waals surface area contributed by atoms with Gasteiger partial charge in [0.1, 0.15) is 0 Å². The third kappa shape index (κ3) is 3.70. The van der Waals surface area contributed by atoms with E-state index in [0.29, 0.717) is 5.75 Å². The lowest BCUT2D eigenvalue weighted by atomic mass is 10.2. The molecule has 4 nitrogen and oxygen atoms in total. The number of hydrogen-bond acceptors (Lipinski definition) is 3. The molecule has 0 aliphatic rings. The summed E-state index contributed by atoms with van der Waals surface area (Å²) in [7, 11) is 6.53. The normalized spacial score (nSPS) is 13.1. The van der Waals surface area contributed by atoms with Gasteiger partial charge in [0.25, 0.3) is 5.56 Å². The third-order valence-electron chi connectivity index (χ3n) is 3.50. The highest BCUT2D eigenvalue weighted by Crippen LogP contribution is 2.30. The van der Waals surface area contributed by atoms with Crippen molar-refractivity contribution in [2.24, 2.45) is 0 Å². The van der Waals surface area contributed by atoms with Gasteiger partial charge in [0, 0.05) is 23.6 Å². The summed E-state index contributed by atoms with van der Waals surface area (Å²) in [5.41, 5.74) is -1.78. The molecule has 0 aliphatic carbocycles. The first-order valence-electron chi connectivity index (χ1n) is 6.93. The smallest absolute Gasteiger partial charge is 0.269 e. The fourth-order valence-corrected chi connectivity index (χ4v) is 3.25. The summed E-state index contributed by atoms with van der Waals surface area (Å²) < 4.78 is 40.8. The van der Waals surface area contributed by atoms with Crippen LogP contribution in [0.1, 0.15) is 24.2 Å². The molecule has 1 heterocycles. The van der Waals surface area contributed by atoms with Gasteiger partial charge in [-0.2, -0.15) is 13.2 Å². The number of benzene rings is 1. The van der Waals surface area contributed by atoms with Crippen molar-refractivity contribution >= 4 is 21.7 Å². The number of rotatable bonds is 4. The van der Waals surface area contributed by atoms with Crippen molar-refractivity contribution in [3.63, 3.8) is 0 Å². The molecule has 0 aliphatic heterocycles. The molecule has 130 valence electrons. The van der Waals surface area contributed by atoms with Gasteiger partial charge in [-0.15, -0.1) is 0 Å². The van der Waals surface area contributed by atoms with E-state index in [9.17, 15) is 22.8 Å². The molecule has 0 amide bonds. The summed E-state index contributed by atoms with van der Waals surface area (Å²) in [5.74, 6) is 0.308. The standard InChI is InChI=1S/C15H14ClF3N2O2S/c1-9-6-13(22)21(10(2)8-24-16)14(23)20(9)12-5-3-4-11(7-12)15(17,18)19/h3-7,10H,8H2,1-2H3/t10-/m1/s1. The van der Waals surface area contributed by atoms with Crippen molar-refractivity contribution in [3.8, 4) is 5.69 Å². The van der Waals surface area contributed by atoms with Crippen LogP contribution >= 0.6 is 21.7 Å². The fourth-order valence-electron chi connectivity index (χ4n) is 2.37. The quantitative estimate of drug-likeness (QED) is 0.813. The van der Waals surface area contributed by atoms with Crippen LogP contribution in [0.5, 0.6) is 0 Å². The van der Waals surface area contributed by atoms with Gasteiger partial charge in [-0.3, -0.25) is 13.9 Å². The Kier molecular flexibility index (Phi) is 5.49. The molecule has 0 saturated heterocycles. The number of nitrogens with zero attached hydrogens (tertiary/aromatic N) is 2. The summed E-state index contributed by atoms with van der Waals surface area (Å²) in [4.78, 5) is 24.8. The zero-order valence-electron chi connectivity index (χ0n) is 12.8. The summed E-state index contributed by atoms with van der Waals surface area (Å²) in [6.07, 6.45) is -4.52. The monoisotopic (exact) mass is 378 g/mol. The van der Waals surface area contributed by atoms with Crippen molar-refractivity contribution in [1.29, 1.82) is 0 Å². The van der Waals surface area contributed by atoms with Gasteiger partial charge in [-0.25, -0.2) is 4.79 Å². The minimum absolute atomic E-state index is 0.0480. The third-order valence-corrected chi connectivity index (χ3v) is 4.48. The molecule has 2 rings (SSSR count). The lowest BCUT2D eigenvalue weighted by Gasteiger charge is -2.17. The van der Waals surface area contributed by atoms with E-state index >= 15 is 0 Å². The topological polar surface area (TPSA) is 44.0 Å². The fraction of sp³-hybridized carbons (Fsp3) is 0.333. The number of hydrogen-bond donors (Lipinski definition) is 0. The maximum Gasteiger partial charge on any atom is 0.416 e. The lowest BCUT2D eigenvalue weighted by Crippen LogP contribution is -2.42.